The number of aromatic nitrogens is 1. The van der Waals surface area contributed by atoms with Crippen LogP contribution in [0.4, 0.5) is 0 Å². The Morgan fingerprint density at radius 3 is 2.87 bits per heavy atom. The first-order valence-corrected chi connectivity index (χ1v) is 8.36. The highest BCUT2D eigenvalue weighted by Crippen LogP contribution is 2.24. The van der Waals surface area contributed by atoms with Gasteiger partial charge in [-0.25, -0.2) is 4.98 Å². The van der Waals surface area contributed by atoms with Crippen LogP contribution in [0, 0.1) is 0 Å². The van der Waals surface area contributed by atoms with Crippen LogP contribution in [0.25, 0.3) is 0 Å². The molecule has 1 aromatic heterocycles. The molecule has 0 radical (unpaired) electrons. The molecule has 0 amide bonds. The minimum absolute atomic E-state index is 0.318. The lowest BCUT2D eigenvalue weighted by atomic mass is 10.1. The van der Waals surface area contributed by atoms with Crippen molar-refractivity contribution in [3.05, 3.63) is 53.2 Å². The third kappa shape index (κ3) is 4.22. The van der Waals surface area contributed by atoms with Crippen molar-refractivity contribution < 1.29 is 4.74 Å². The topological polar surface area (TPSA) is 37.4 Å². The number of piperazine rings is 1. The Hall–Kier alpha value is -1.62. The Bertz CT molecular complexity index is 645. The second-order valence-corrected chi connectivity index (χ2v) is 6.52. The summed E-state index contributed by atoms with van der Waals surface area (Å²) >= 11 is 5.96. The molecule has 122 valence electrons. The van der Waals surface area contributed by atoms with E-state index in [0.717, 1.165) is 19.6 Å². The molecule has 4 nitrogen and oxygen atoms in total. The van der Waals surface area contributed by atoms with Gasteiger partial charge in [0.1, 0.15) is 5.75 Å². The normalized spacial score (nSPS) is 19.0. The molecule has 1 fully saturated rings. The molecule has 1 saturated heterocycles. The van der Waals surface area contributed by atoms with Crippen LogP contribution in [0.5, 0.6) is 11.6 Å². The molecule has 1 aliphatic rings. The zero-order valence-corrected chi connectivity index (χ0v) is 14.3. The number of hydrogen-bond donors (Lipinski definition) is 1. The summed E-state index contributed by atoms with van der Waals surface area (Å²) < 4.78 is 5.73. The molecule has 0 bridgehead atoms. The number of hydrogen-bond acceptors (Lipinski definition) is 4. The van der Waals surface area contributed by atoms with E-state index in [9.17, 15) is 0 Å². The smallest absolute Gasteiger partial charge is 0.219 e. The summed E-state index contributed by atoms with van der Waals surface area (Å²) in [7, 11) is 0. The van der Waals surface area contributed by atoms with Gasteiger partial charge in [0.2, 0.25) is 5.88 Å². The van der Waals surface area contributed by atoms with Gasteiger partial charge in [-0.15, -0.1) is 0 Å². The molecule has 3 rings (SSSR count). The summed E-state index contributed by atoms with van der Waals surface area (Å²) in [6.07, 6.45) is 1.89. The molecular weight excluding hydrogens is 310 g/mol. The van der Waals surface area contributed by atoms with Crippen molar-refractivity contribution in [3.8, 4) is 11.6 Å². The minimum atomic E-state index is 0.318. The maximum Gasteiger partial charge on any atom is 0.219 e. The second-order valence-electron chi connectivity index (χ2n) is 6.08. The lowest BCUT2D eigenvalue weighted by Crippen LogP contribution is -2.48. The predicted octanol–water partition coefficient (Wildman–Crippen LogP) is 3.88. The maximum absolute atomic E-state index is 5.96. The standard InChI is InChI=1S/C18H22ClN3O/c1-13(2)22-9-8-20-17(12-22)14-6-7-18(21-11-14)23-16-5-3-4-15(19)10-16/h3-7,10-11,13,17,20H,8-9,12H2,1-2H3. The lowest BCUT2D eigenvalue weighted by molar-refractivity contribution is 0.162. The second kappa shape index (κ2) is 7.30. The summed E-state index contributed by atoms with van der Waals surface area (Å²) in [5.74, 6) is 1.27. The van der Waals surface area contributed by atoms with Crippen LogP contribution in [0.1, 0.15) is 25.5 Å². The fourth-order valence-electron chi connectivity index (χ4n) is 2.77. The van der Waals surface area contributed by atoms with Crippen molar-refractivity contribution in [3.63, 3.8) is 0 Å². The molecule has 1 unspecified atom stereocenters. The number of halogens is 1. The largest absolute Gasteiger partial charge is 0.439 e. The van der Waals surface area contributed by atoms with Gasteiger partial charge in [-0.1, -0.05) is 23.7 Å². The van der Waals surface area contributed by atoms with Gasteiger partial charge in [0.25, 0.3) is 0 Å². The van der Waals surface area contributed by atoms with Gasteiger partial charge in [0, 0.05) is 49.0 Å². The number of nitrogens with one attached hydrogen (secondary N) is 1. The van der Waals surface area contributed by atoms with E-state index >= 15 is 0 Å². The van der Waals surface area contributed by atoms with Gasteiger partial charge < -0.3 is 10.1 Å². The van der Waals surface area contributed by atoms with Crippen LogP contribution in [-0.4, -0.2) is 35.6 Å². The number of benzene rings is 1. The maximum atomic E-state index is 5.96. The Labute approximate surface area is 142 Å². The van der Waals surface area contributed by atoms with Crippen molar-refractivity contribution in [2.45, 2.75) is 25.9 Å². The minimum Gasteiger partial charge on any atom is -0.439 e. The zero-order valence-electron chi connectivity index (χ0n) is 13.5. The number of rotatable bonds is 4. The highest BCUT2D eigenvalue weighted by atomic mass is 35.5. The molecule has 1 aromatic carbocycles. The van der Waals surface area contributed by atoms with Gasteiger partial charge in [0.05, 0.1) is 0 Å². The van der Waals surface area contributed by atoms with Crippen LogP contribution < -0.4 is 10.1 Å². The van der Waals surface area contributed by atoms with E-state index in [1.54, 1.807) is 6.07 Å². The van der Waals surface area contributed by atoms with Crippen molar-refractivity contribution in [1.29, 1.82) is 0 Å². The van der Waals surface area contributed by atoms with E-state index in [1.165, 1.54) is 5.56 Å². The van der Waals surface area contributed by atoms with Crippen molar-refractivity contribution in [2.24, 2.45) is 0 Å². The fraction of sp³-hybridized carbons (Fsp3) is 0.389. The molecule has 2 heterocycles. The van der Waals surface area contributed by atoms with Crippen LogP contribution >= 0.6 is 11.6 Å². The van der Waals surface area contributed by atoms with Gasteiger partial charge >= 0.3 is 0 Å². The lowest BCUT2D eigenvalue weighted by Gasteiger charge is -2.36. The number of ether oxygens (including phenoxy) is 1. The first-order chi connectivity index (χ1) is 11.1. The van der Waals surface area contributed by atoms with Crippen molar-refractivity contribution in [1.82, 2.24) is 15.2 Å². The number of pyridine rings is 1. The van der Waals surface area contributed by atoms with E-state index in [0.29, 0.717) is 28.7 Å². The fourth-order valence-corrected chi connectivity index (χ4v) is 2.95. The summed E-state index contributed by atoms with van der Waals surface area (Å²) in [4.78, 5) is 6.91. The zero-order chi connectivity index (χ0) is 16.2. The van der Waals surface area contributed by atoms with Gasteiger partial charge in [-0.2, -0.15) is 0 Å². The van der Waals surface area contributed by atoms with Crippen molar-refractivity contribution in [2.75, 3.05) is 19.6 Å². The average molecular weight is 332 g/mol. The molecule has 1 atom stereocenters. The summed E-state index contributed by atoms with van der Waals surface area (Å²) in [6, 6.07) is 12.2. The van der Waals surface area contributed by atoms with Crippen molar-refractivity contribution >= 4 is 11.6 Å². The van der Waals surface area contributed by atoms with Crippen LogP contribution in [0.3, 0.4) is 0 Å². The first-order valence-electron chi connectivity index (χ1n) is 7.98. The summed E-state index contributed by atoms with van der Waals surface area (Å²) in [5, 5.41) is 4.21. The molecule has 0 aliphatic carbocycles. The SMILES string of the molecule is CC(C)N1CCNC(c2ccc(Oc3cccc(Cl)c3)nc2)C1. The molecule has 0 saturated carbocycles. The highest BCUT2D eigenvalue weighted by Gasteiger charge is 2.22. The Kier molecular flexibility index (Phi) is 5.16. The monoisotopic (exact) mass is 331 g/mol. The van der Waals surface area contributed by atoms with Crippen LogP contribution in [-0.2, 0) is 0 Å². The number of nitrogens with zero attached hydrogens (tertiary/aromatic N) is 2. The highest BCUT2D eigenvalue weighted by molar-refractivity contribution is 6.30. The summed E-state index contributed by atoms with van der Waals surface area (Å²) in [5.41, 5.74) is 1.19. The third-order valence-electron chi connectivity index (χ3n) is 4.12. The molecule has 23 heavy (non-hydrogen) atoms. The molecule has 2 aromatic rings. The third-order valence-corrected chi connectivity index (χ3v) is 4.35. The molecule has 5 heteroatoms. The van der Waals surface area contributed by atoms with Gasteiger partial charge in [-0.05, 0) is 37.6 Å². The Morgan fingerprint density at radius 1 is 1.30 bits per heavy atom. The molecule has 1 aliphatic heterocycles. The predicted molar refractivity (Wildman–Crippen MR) is 93.2 cm³/mol. The first kappa shape index (κ1) is 16.2. The van der Waals surface area contributed by atoms with Crippen LogP contribution in [0.15, 0.2) is 42.6 Å². The van der Waals surface area contributed by atoms with Gasteiger partial charge in [0.15, 0.2) is 0 Å². The van der Waals surface area contributed by atoms with Gasteiger partial charge in [-0.3, -0.25) is 4.90 Å². The Balaban J connectivity index is 1.67. The quantitative estimate of drug-likeness (QED) is 0.922. The van der Waals surface area contributed by atoms with E-state index in [1.807, 2.05) is 30.5 Å². The average Bonchev–Trinajstić information content (AvgIpc) is 2.56. The Morgan fingerprint density at radius 2 is 2.17 bits per heavy atom. The van der Waals surface area contributed by atoms with E-state index < -0.39 is 0 Å². The molecule has 0 spiro atoms. The molecular formula is C18H22ClN3O. The van der Waals surface area contributed by atoms with E-state index in [-0.39, 0.29) is 0 Å². The molecule has 1 N–H and O–H groups in total. The van der Waals surface area contributed by atoms with Crippen LogP contribution in [0.2, 0.25) is 5.02 Å². The van der Waals surface area contributed by atoms with E-state index in [2.05, 4.69) is 35.1 Å². The van der Waals surface area contributed by atoms with E-state index in [4.69, 9.17) is 16.3 Å². The summed E-state index contributed by atoms with van der Waals surface area (Å²) in [6.45, 7) is 7.58.